The molecule has 2 aromatic carbocycles. The lowest BCUT2D eigenvalue weighted by Gasteiger charge is -2.27. The molecule has 0 atom stereocenters. The van der Waals surface area contributed by atoms with Crippen LogP contribution in [0, 0.1) is 0 Å². The van der Waals surface area contributed by atoms with E-state index in [0.29, 0.717) is 25.0 Å². The number of aliphatic hydroxyl groups is 2. The van der Waals surface area contributed by atoms with Gasteiger partial charge in [0.2, 0.25) is 0 Å². The summed E-state index contributed by atoms with van der Waals surface area (Å²) in [5.41, 5.74) is 5.15. The van der Waals surface area contributed by atoms with Crippen LogP contribution in [0.25, 0.3) is 0 Å². The fraction of sp³-hybridized carbons (Fsp3) is 0.571. The highest BCUT2D eigenvalue weighted by atomic mass is 16.3. The molecule has 0 aliphatic rings. The summed E-state index contributed by atoms with van der Waals surface area (Å²) in [6.45, 7) is 12.9. The minimum atomic E-state index is -0.228. The maximum atomic E-state index is 11.2. The van der Waals surface area contributed by atoms with Crippen molar-refractivity contribution in [2.24, 2.45) is 0 Å². The lowest BCUT2D eigenvalue weighted by Crippen LogP contribution is -2.17. The monoisotopic (exact) mass is 442 g/mol. The molecule has 0 radical (unpaired) electrons. The molecule has 0 amide bonds. The van der Waals surface area contributed by atoms with Crippen LogP contribution < -0.4 is 0 Å². The van der Waals surface area contributed by atoms with Crippen LogP contribution in [-0.2, 0) is 30.1 Å². The van der Waals surface area contributed by atoms with Gasteiger partial charge in [0, 0.05) is 25.2 Å². The maximum absolute atomic E-state index is 11.2. The Morgan fingerprint density at radius 2 is 1.12 bits per heavy atom. The van der Waals surface area contributed by atoms with E-state index in [2.05, 4.69) is 47.6 Å². The molecule has 4 nitrogen and oxygen atoms in total. The van der Waals surface area contributed by atoms with Gasteiger partial charge in [-0.25, -0.2) is 0 Å². The third-order valence-corrected chi connectivity index (χ3v) is 6.55. The topological polar surface area (TPSA) is 80.9 Å². The number of aliphatic hydroxyl groups excluding tert-OH is 2. The van der Waals surface area contributed by atoms with Gasteiger partial charge in [0.25, 0.3) is 0 Å². The van der Waals surface area contributed by atoms with Crippen molar-refractivity contribution in [2.75, 3.05) is 13.2 Å². The first-order valence-electron chi connectivity index (χ1n) is 11.9. The van der Waals surface area contributed by atoms with Crippen LogP contribution in [0.15, 0.2) is 24.3 Å². The molecule has 0 saturated carbocycles. The Kier molecular flexibility index (Phi) is 8.78. The summed E-state index contributed by atoms with van der Waals surface area (Å²) in [7, 11) is 0. The highest BCUT2D eigenvalue weighted by Gasteiger charge is 2.26. The molecule has 0 aliphatic carbocycles. The second-order valence-corrected chi connectivity index (χ2v) is 10.6. The molecule has 0 spiro atoms. The molecule has 2 rings (SSSR count). The summed E-state index contributed by atoms with van der Waals surface area (Å²) in [6, 6.07) is 8.12. The summed E-state index contributed by atoms with van der Waals surface area (Å²) in [5, 5.41) is 41.0. The van der Waals surface area contributed by atoms with E-state index in [1.165, 1.54) is 0 Å². The number of hydrogen-bond donors (Lipinski definition) is 4. The van der Waals surface area contributed by atoms with Crippen LogP contribution in [0.4, 0.5) is 0 Å². The number of aromatic hydroxyl groups is 2. The highest BCUT2D eigenvalue weighted by Crippen LogP contribution is 2.40. The lowest BCUT2D eigenvalue weighted by molar-refractivity contribution is 0.288. The zero-order chi connectivity index (χ0) is 24.1. The molecule has 4 N–H and O–H groups in total. The normalized spacial score (nSPS) is 12.4. The molecular formula is C28H42O4. The van der Waals surface area contributed by atoms with Crippen molar-refractivity contribution in [3.63, 3.8) is 0 Å². The van der Waals surface area contributed by atoms with Gasteiger partial charge >= 0.3 is 0 Å². The molecule has 4 heteroatoms. The van der Waals surface area contributed by atoms with E-state index in [1.807, 2.05) is 18.2 Å². The highest BCUT2D eigenvalue weighted by molar-refractivity contribution is 5.53. The Morgan fingerprint density at radius 3 is 1.53 bits per heavy atom. The molecule has 2 aromatic rings. The zero-order valence-electron chi connectivity index (χ0n) is 20.8. The van der Waals surface area contributed by atoms with E-state index in [0.717, 1.165) is 52.6 Å². The lowest BCUT2D eigenvalue weighted by atomic mass is 9.78. The number of aryl methyl sites for hydroxylation is 2. The van der Waals surface area contributed by atoms with Gasteiger partial charge in [0.15, 0.2) is 0 Å². The molecule has 0 aromatic heterocycles. The minimum Gasteiger partial charge on any atom is -0.507 e. The average Bonchev–Trinajstić information content (AvgIpc) is 2.73. The van der Waals surface area contributed by atoms with Crippen molar-refractivity contribution in [1.82, 2.24) is 0 Å². The van der Waals surface area contributed by atoms with E-state index in [1.54, 1.807) is 0 Å². The first-order valence-corrected chi connectivity index (χ1v) is 11.9. The van der Waals surface area contributed by atoms with Gasteiger partial charge < -0.3 is 20.4 Å². The van der Waals surface area contributed by atoms with Gasteiger partial charge in [-0.05, 0) is 70.8 Å². The third kappa shape index (κ3) is 6.26. The van der Waals surface area contributed by atoms with Gasteiger partial charge in [-0.3, -0.25) is 0 Å². The number of hydrogen-bond acceptors (Lipinski definition) is 4. The molecule has 0 heterocycles. The first kappa shape index (κ1) is 26.2. The minimum absolute atomic E-state index is 0.129. The van der Waals surface area contributed by atoms with Gasteiger partial charge in [-0.15, -0.1) is 0 Å². The van der Waals surface area contributed by atoms with E-state index >= 15 is 0 Å². The zero-order valence-corrected chi connectivity index (χ0v) is 20.8. The molecule has 0 fully saturated rings. The molecular weight excluding hydrogens is 400 g/mol. The molecule has 178 valence electrons. The quantitative estimate of drug-likeness (QED) is 0.390. The van der Waals surface area contributed by atoms with E-state index in [-0.39, 0.29) is 29.8 Å². The maximum Gasteiger partial charge on any atom is 0.122 e. The molecule has 0 saturated heterocycles. The molecule has 0 aliphatic heterocycles. The Morgan fingerprint density at radius 1 is 0.688 bits per heavy atom. The molecule has 0 bridgehead atoms. The fourth-order valence-electron chi connectivity index (χ4n) is 4.13. The molecule has 0 unspecified atom stereocenters. The second-order valence-electron chi connectivity index (χ2n) is 10.6. The standard InChI is InChI=1S/C28H42O4/c1-7-28(5,6)24-17-20(11-9-13-30)15-22(26(24)32)18-21-14-19(10-8-12-29)16-23(25(21)31)27(2,3)4/h14-17,29-32H,7-13,18H2,1-6H3. The van der Waals surface area contributed by atoms with Crippen molar-refractivity contribution < 1.29 is 20.4 Å². The summed E-state index contributed by atoms with van der Waals surface area (Å²) in [5.74, 6) is 0.573. The number of phenols is 2. The first-order chi connectivity index (χ1) is 14.9. The number of benzene rings is 2. The number of rotatable bonds is 10. The van der Waals surface area contributed by atoms with Crippen LogP contribution in [0.3, 0.4) is 0 Å². The Hall–Kier alpha value is -2.04. The fourth-order valence-corrected chi connectivity index (χ4v) is 4.13. The van der Waals surface area contributed by atoms with Crippen LogP contribution in [-0.4, -0.2) is 33.6 Å². The van der Waals surface area contributed by atoms with Crippen molar-refractivity contribution in [3.05, 3.63) is 57.6 Å². The van der Waals surface area contributed by atoms with E-state index < -0.39 is 0 Å². The van der Waals surface area contributed by atoms with Crippen molar-refractivity contribution in [2.45, 2.75) is 90.9 Å². The Bertz CT molecular complexity index is 907. The van der Waals surface area contributed by atoms with Crippen molar-refractivity contribution in [1.29, 1.82) is 0 Å². The van der Waals surface area contributed by atoms with Gasteiger partial charge in [0.05, 0.1) is 0 Å². The van der Waals surface area contributed by atoms with E-state index in [4.69, 9.17) is 0 Å². The largest absolute Gasteiger partial charge is 0.507 e. The summed E-state index contributed by atoms with van der Waals surface area (Å²) in [4.78, 5) is 0. The smallest absolute Gasteiger partial charge is 0.122 e. The predicted octanol–water partition coefficient (Wildman–Crippen LogP) is 5.52. The molecule has 32 heavy (non-hydrogen) atoms. The van der Waals surface area contributed by atoms with Crippen LogP contribution >= 0.6 is 0 Å². The predicted molar refractivity (Wildman–Crippen MR) is 132 cm³/mol. The Labute approximate surface area is 194 Å². The third-order valence-electron chi connectivity index (χ3n) is 6.55. The van der Waals surface area contributed by atoms with Gasteiger partial charge in [0.1, 0.15) is 11.5 Å². The average molecular weight is 443 g/mol. The van der Waals surface area contributed by atoms with E-state index in [9.17, 15) is 20.4 Å². The van der Waals surface area contributed by atoms with Crippen LogP contribution in [0.2, 0.25) is 0 Å². The Balaban J connectivity index is 2.62. The van der Waals surface area contributed by atoms with Crippen LogP contribution in [0.5, 0.6) is 11.5 Å². The van der Waals surface area contributed by atoms with Gasteiger partial charge in [-0.1, -0.05) is 65.8 Å². The SMILES string of the molecule is CCC(C)(C)c1cc(CCCO)cc(Cc2cc(CCCO)cc(C(C)(C)C)c2O)c1O. The summed E-state index contributed by atoms with van der Waals surface area (Å²) >= 11 is 0. The van der Waals surface area contributed by atoms with Gasteiger partial charge in [-0.2, -0.15) is 0 Å². The summed E-state index contributed by atoms with van der Waals surface area (Å²) in [6.07, 6.45) is 4.14. The second kappa shape index (κ2) is 10.7. The van der Waals surface area contributed by atoms with Crippen molar-refractivity contribution >= 4 is 0 Å². The van der Waals surface area contributed by atoms with Crippen LogP contribution in [0.1, 0.15) is 94.2 Å². The summed E-state index contributed by atoms with van der Waals surface area (Å²) < 4.78 is 0. The van der Waals surface area contributed by atoms with Crippen molar-refractivity contribution in [3.8, 4) is 11.5 Å². The number of phenolic OH excluding ortho intramolecular Hbond substituents is 2.